The Kier molecular flexibility index (Phi) is 2.77. The molecule has 0 aromatic rings. The smallest absolute Gasteiger partial charge is 0.320 e. The van der Waals surface area contributed by atoms with Gasteiger partial charge < -0.3 is 4.74 Å². The number of hydrogen-bond acceptors (Lipinski definition) is 3. The fourth-order valence-corrected chi connectivity index (χ4v) is 3.38. The molecule has 2 aliphatic rings. The third kappa shape index (κ3) is 1.33. The quantitative estimate of drug-likeness (QED) is 0.341. The topological polar surface area (TPSA) is 43.4 Å². The molecule has 2 bridgehead atoms. The van der Waals surface area contributed by atoms with E-state index in [1.807, 2.05) is 26.8 Å². The molecule has 2 rings (SSSR count). The fraction of sp³-hybridized carbons (Fsp3) is 0.692. The molecule has 94 valence electrons. The SMILES string of the molecule is C/C(=C/[C@]1(C)[C@H]2OC(=O)[C@]1(C)C(=O)[C@@H]2C)CBr. The Morgan fingerprint density at radius 2 is 2.06 bits per heavy atom. The van der Waals surface area contributed by atoms with Crippen LogP contribution in [-0.2, 0) is 14.3 Å². The summed E-state index contributed by atoms with van der Waals surface area (Å²) in [6, 6.07) is 0. The lowest BCUT2D eigenvalue weighted by molar-refractivity contribution is -0.161. The van der Waals surface area contributed by atoms with Gasteiger partial charge in [0.15, 0.2) is 5.78 Å². The molecular formula is C13H17BrO3. The van der Waals surface area contributed by atoms with Gasteiger partial charge in [0.2, 0.25) is 0 Å². The highest BCUT2D eigenvalue weighted by Crippen LogP contribution is 2.60. The number of hydrogen-bond donors (Lipinski definition) is 0. The summed E-state index contributed by atoms with van der Waals surface area (Å²) in [6.07, 6.45) is 1.71. The molecule has 0 aromatic heterocycles. The first kappa shape index (κ1) is 12.8. The Hall–Kier alpha value is -0.640. The van der Waals surface area contributed by atoms with Crippen LogP contribution in [0.3, 0.4) is 0 Å². The summed E-state index contributed by atoms with van der Waals surface area (Å²) in [5.74, 6) is -0.561. The van der Waals surface area contributed by atoms with Gasteiger partial charge in [0, 0.05) is 10.7 Å². The minimum absolute atomic E-state index is 0.0138. The largest absolute Gasteiger partial charge is 0.460 e. The lowest BCUT2D eigenvalue weighted by Gasteiger charge is -2.28. The number of carbonyl (C=O) groups is 2. The molecule has 17 heavy (non-hydrogen) atoms. The average molecular weight is 301 g/mol. The van der Waals surface area contributed by atoms with Crippen LogP contribution < -0.4 is 0 Å². The average Bonchev–Trinajstić information content (AvgIpc) is 2.55. The van der Waals surface area contributed by atoms with Crippen molar-refractivity contribution in [2.24, 2.45) is 16.7 Å². The van der Waals surface area contributed by atoms with Crippen LogP contribution in [0.5, 0.6) is 0 Å². The Morgan fingerprint density at radius 3 is 2.53 bits per heavy atom. The molecule has 4 atom stereocenters. The van der Waals surface area contributed by atoms with Gasteiger partial charge in [0.1, 0.15) is 11.5 Å². The van der Waals surface area contributed by atoms with E-state index in [1.165, 1.54) is 0 Å². The van der Waals surface area contributed by atoms with E-state index in [0.29, 0.717) is 0 Å². The van der Waals surface area contributed by atoms with Crippen LogP contribution in [0.4, 0.5) is 0 Å². The summed E-state index contributed by atoms with van der Waals surface area (Å²) in [6.45, 7) is 7.51. The van der Waals surface area contributed by atoms with E-state index in [-0.39, 0.29) is 23.8 Å². The van der Waals surface area contributed by atoms with E-state index in [4.69, 9.17) is 4.74 Å². The number of rotatable bonds is 2. The number of ketones is 1. The standard InChI is InChI=1S/C13H17BrO3/c1-7(6-14)5-12(3)10-8(2)9(15)13(12,4)11(16)17-10/h5,8,10H,6H2,1-4H3/b7-5-/t8-,10-,12+,13-/m0/s1. The first-order valence-electron chi connectivity index (χ1n) is 5.78. The Bertz CT molecular complexity index is 428. The van der Waals surface area contributed by atoms with Crippen molar-refractivity contribution >= 4 is 27.7 Å². The highest BCUT2D eigenvalue weighted by Gasteiger charge is 2.73. The normalized spacial score (nSPS) is 45.4. The summed E-state index contributed by atoms with van der Waals surface area (Å²) < 4.78 is 5.39. The monoisotopic (exact) mass is 300 g/mol. The zero-order chi connectivity index (χ0) is 13.0. The molecule has 3 nitrogen and oxygen atoms in total. The lowest BCUT2D eigenvalue weighted by atomic mass is 9.68. The van der Waals surface area contributed by atoms with E-state index in [2.05, 4.69) is 15.9 Å². The maximum Gasteiger partial charge on any atom is 0.320 e. The first-order valence-corrected chi connectivity index (χ1v) is 6.91. The maximum absolute atomic E-state index is 12.2. The first-order chi connectivity index (χ1) is 7.79. The van der Waals surface area contributed by atoms with Gasteiger partial charge in [-0.3, -0.25) is 9.59 Å². The number of Topliss-reactive ketones (excluding diaryl/α,β-unsaturated/α-hetero) is 1. The van der Waals surface area contributed by atoms with Gasteiger partial charge in [0.25, 0.3) is 0 Å². The molecule has 0 unspecified atom stereocenters. The summed E-state index contributed by atoms with van der Waals surface area (Å²) in [5.41, 5.74) is -0.414. The van der Waals surface area contributed by atoms with Crippen molar-refractivity contribution in [3.63, 3.8) is 0 Å². The second-order valence-corrected chi connectivity index (χ2v) is 6.07. The van der Waals surface area contributed by atoms with Crippen molar-refractivity contribution in [3.8, 4) is 0 Å². The number of alkyl halides is 1. The van der Waals surface area contributed by atoms with E-state index in [0.717, 1.165) is 10.9 Å². The predicted molar refractivity (Wildman–Crippen MR) is 67.8 cm³/mol. The number of ether oxygens (including phenoxy) is 1. The van der Waals surface area contributed by atoms with Crippen molar-refractivity contribution in [3.05, 3.63) is 11.6 Å². The van der Waals surface area contributed by atoms with Gasteiger partial charge in [-0.15, -0.1) is 0 Å². The van der Waals surface area contributed by atoms with Crippen LogP contribution in [0.2, 0.25) is 0 Å². The highest BCUT2D eigenvalue weighted by atomic mass is 79.9. The number of carbonyl (C=O) groups excluding carboxylic acids is 2. The summed E-state index contributed by atoms with van der Waals surface area (Å²) in [4.78, 5) is 24.2. The molecule has 1 heterocycles. The van der Waals surface area contributed by atoms with Crippen LogP contribution in [0.25, 0.3) is 0 Å². The van der Waals surface area contributed by atoms with Crippen molar-refractivity contribution in [1.29, 1.82) is 0 Å². The molecule has 0 aromatic carbocycles. The predicted octanol–water partition coefficient (Wildman–Crippen LogP) is 2.48. The number of allylic oxidation sites excluding steroid dienone is 1. The number of fused-ring (bicyclic) bond motifs is 2. The van der Waals surface area contributed by atoms with E-state index in [9.17, 15) is 9.59 Å². The van der Waals surface area contributed by atoms with Crippen LogP contribution >= 0.6 is 15.9 Å². The molecule has 1 saturated carbocycles. The van der Waals surface area contributed by atoms with Crippen molar-refractivity contribution in [2.45, 2.75) is 33.8 Å². The Labute approximate surface area is 110 Å². The molecule has 0 radical (unpaired) electrons. The van der Waals surface area contributed by atoms with E-state index >= 15 is 0 Å². The van der Waals surface area contributed by atoms with Crippen molar-refractivity contribution < 1.29 is 14.3 Å². The van der Waals surface area contributed by atoms with Gasteiger partial charge >= 0.3 is 5.97 Å². The molecule has 4 heteroatoms. The van der Waals surface area contributed by atoms with Crippen molar-refractivity contribution in [1.82, 2.24) is 0 Å². The summed E-state index contributed by atoms with van der Waals surface area (Å²) >= 11 is 3.39. The van der Waals surface area contributed by atoms with Gasteiger partial charge in [-0.1, -0.05) is 41.4 Å². The van der Waals surface area contributed by atoms with Gasteiger partial charge in [0.05, 0.1) is 5.92 Å². The zero-order valence-electron chi connectivity index (χ0n) is 10.5. The van der Waals surface area contributed by atoms with Gasteiger partial charge in [-0.2, -0.15) is 0 Å². The lowest BCUT2D eigenvalue weighted by Crippen LogP contribution is -2.41. The van der Waals surface area contributed by atoms with E-state index < -0.39 is 10.8 Å². The molecule has 1 aliphatic heterocycles. The number of halogens is 1. The summed E-state index contributed by atoms with van der Waals surface area (Å²) in [7, 11) is 0. The van der Waals surface area contributed by atoms with Crippen LogP contribution in [0, 0.1) is 16.7 Å². The Balaban J connectivity index is 2.56. The summed E-state index contributed by atoms with van der Waals surface area (Å²) in [5, 5.41) is 0.738. The molecule has 1 saturated heterocycles. The molecular weight excluding hydrogens is 284 g/mol. The molecule has 0 spiro atoms. The number of esters is 1. The second kappa shape index (κ2) is 3.67. The zero-order valence-corrected chi connectivity index (χ0v) is 12.1. The highest BCUT2D eigenvalue weighted by molar-refractivity contribution is 9.09. The van der Waals surface area contributed by atoms with Gasteiger partial charge in [-0.25, -0.2) is 0 Å². The minimum atomic E-state index is -1.01. The molecule has 0 amide bonds. The minimum Gasteiger partial charge on any atom is -0.460 e. The molecule has 0 N–H and O–H groups in total. The molecule has 2 fully saturated rings. The van der Waals surface area contributed by atoms with Crippen LogP contribution in [-0.4, -0.2) is 23.2 Å². The molecule has 1 aliphatic carbocycles. The third-order valence-corrected chi connectivity index (χ3v) is 5.31. The van der Waals surface area contributed by atoms with Crippen LogP contribution in [0.15, 0.2) is 11.6 Å². The maximum atomic E-state index is 12.2. The van der Waals surface area contributed by atoms with E-state index in [1.54, 1.807) is 6.92 Å². The van der Waals surface area contributed by atoms with Crippen LogP contribution in [0.1, 0.15) is 27.7 Å². The third-order valence-electron chi connectivity index (χ3n) is 4.43. The van der Waals surface area contributed by atoms with Crippen molar-refractivity contribution in [2.75, 3.05) is 5.33 Å². The van der Waals surface area contributed by atoms with Gasteiger partial charge in [-0.05, 0) is 13.8 Å². The second-order valence-electron chi connectivity index (χ2n) is 5.51. The Morgan fingerprint density at radius 1 is 1.47 bits per heavy atom. The fourth-order valence-electron chi connectivity index (χ4n) is 3.22.